The number of rotatable bonds is 4. The van der Waals surface area contributed by atoms with Crippen molar-refractivity contribution in [3.63, 3.8) is 0 Å². The Morgan fingerprint density at radius 1 is 1.12 bits per heavy atom. The number of fused-ring (bicyclic) bond motifs is 1. The van der Waals surface area contributed by atoms with Gasteiger partial charge in [-0.15, -0.1) is 0 Å². The molecule has 0 saturated carbocycles. The maximum Gasteiger partial charge on any atom is 0.408 e. The summed E-state index contributed by atoms with van der Waals surface area (Å²) >= 11 is 0. The SMILES string of the molecule is C[C@@H](NC(=O)OCc1ccccc1)C(=O)N1CCCc2ccccc21. The molecule has 0 radical (unpaired) electrons. The van der Waals surface area contributed by atoms with Crippen LogP contribution in [0.15, 0.2) is 54.6 Å². The second kappa shape index (κ2) is 7.83. The van der Waals surface area contributed by atoms with E-state index in [0.717, 1.165) is 24.1 Å². The first-order chi connectivity index (χ1) is 12.1. The zero-order valence-electron chi connectivity index (χ0n) is 14.3. The Labute approximate surface area is 147 Å². The van der Waals surface area contributed by atoms with E-state index in [0.29, 0.717) is 6.54 Å². The van der Waals surface area contributed by atoms with Gasteiger partial charge in [0.05, 0.1) is 0 Å². The van der Waals surface area contributed by atoms with E-state index in [-0.39, 0.29) is 12.5 Å². The Morgan fingerprint density at radius 3 is 2.64 bits per heavy atom. The molecule has 0 spiro atoms. The molecule has 1 heterocycles. The van der Waals surface area contributed by atoms with Gasteiger partial charge in [0, 0.05) is 12.2 Å². The van der Waals surface area contributed by atoms with Gasteiger partial charge in [-0.1, -0.05) is 48.5 Å². The number of hydrogen-bond acceptors (Lipinski definition) is 3. The zero-order chi connectivity index (χ0) is 17.6. The number of ether oxygens (including phenoxy) is 1. The van der Waals surface area contributed by atoms with Gasteiger partial charge in [-0.2, -0.15) is 0 Å². The third-order valence-corrected chi connectivity index (χ3v) is 4.29. The Bertz CT molecular complexity index is 746. The molecule has 1 aliphatic rings. The number of alkyl carbamates (subject to hydrolysis) is 1. The van der Waals surface area contributed by atoms with Crippen LogP contribution in [0.5, 0.6) is 0 Å². The zero-order valence-corrected chi connectivity index (χ0v) is 14.3. The molecule has 130 valence electrons. The molecule has 0 unspecified atom stereocenters. The van der Waals surface area contributed by atoms with E-state index in [1.807, 2.05) is 54.6 Å². The third-order valence-electron chi connectivity index (χ3n) is 4.29. The van der Waals surface area contributed by atoms with E-state index >= 15 is 0 Å². The molecule has 2 aromatic carbocycles. The van der Waals surface area contributed by atoms with Gasteiger partial charge in [0.1, 0.15) is 12.6 Å². The number of carbonyl (C=O) groups excluding carboxylic acids is 2. The molecule has 0 aliphatic carbocycles. The number of amides is 2. The number of carbonyl (C=O) groups is 2. The molecule has 0 saturated heterocycles. The lowest BCUT2D eigenvalue weighted by Gasteiger charge is -2.31. The van der Waals surface area contributed by atoms with Crippen molar-refractivity contribution >= 4 is 17.7 Å². The second-order valence-corrected chi connectivity index (χ2v) is 6.15. The summed E-state index contributed by atoms with van der Waals surface area (Å²) in [6, 6.07) is 16.7. The van der Waals surface area contributed by atoms with Crippen LogP contribution in [0.2, 0.25) is 0 Å². The monoisotopic (exact) mass is 338 g/mol. The lowest BCUT2D eigenvalue weighted by atomic mass is 10.0. The summed E-state index contributed by atoms with van der Waals surface area (Å²) < 4.78 is 5.18. The maximum absolute atomic E-state index is 12.7. The van der Waals surface area contributed by atoms with Crippen molar-refractivity contribution < 1.29 is 14.3 Å². The molecule has 2 aromatic rings. The molecule has 25 heavy (non-hydrogen) atoms. The predicted molar refractivity (Wildman–Crippen MR) is 96.3 cm³/mol. The fourth-order valence-corrected chi connectivity index (χ4v) is 3.00. The van der Waals surface area contributed by atoms with Crippen LogP contribution in [-0.4, -0.2) is 24.6 Å². The summed E-state index contributed by atoms with van der Waals surface area (Å²) in [5, 5.41) is 2.63. The van der Waals surface area contributed by atoms with Gasteiger partial charge >= 0.3 is 6.09 Å². The third kappa shape index (κ3) is 4.18. The van der Waals surface area contributed by atoms with Crippen LogP contribution >= 0.6 is 0 Å². The van der Waals surface area contributed by atoms with Crippen molar-refractivity contribution in [1.29, 1.82) is 0 Å². The summed E-state index contributed by atoms with van der Waals surface area (Å²) in [5.74, 6) is -0.121. The van der Waals surface area contributed by atoms with Crippen LogP contribution in [0.1, 0.15) is 24.5 Å². The van der Waals surface area contributed by atoms with Gasteiger partial charge in [0.2, 0.25) is 5.91 Å². The standard InChI is InChI=1S/C20H22N2O3/c1-15(21-20(24)25-14-16-8-3-2-4-9-16)19(23)22-13-7-11-17-10-5-6-12-18(17)22/h2-6,8-10,12,15H,7,11,13-14H2,1H3,(H,21,24)/t15-/m1/s1. The van der Waals surface area contributed by atoms with Crippen LogP contribution in [0.4, 0.5) is 10.5 Å². The molecule has 0 bridgehead atoms. The van der Waals surface area contributed by atoms with Crippen LogP contribution in [0.25, 0.3) is 0 Å². The highest BCUT2D eigenvalue weighted by Gasteiger charge is 2.27. The molecule has 1 N–H and O–H groups in total. The summed E-state index contributed by atoms with van der Waals surface area (Å²) in [4.78, 5) is 26.4. The van der Waals surface area contributed by atoms with Crippen LogP contribution in [-0.2, 0) is 22.6 Å². The second-order valence-electron chi connectivity index (χ2n) is 6.15. The lowest BCUT2D eigenvalue weighted by Crippen LogP contribution is -2.48. The Morgan fingerprint density at radius 2 is 1.84 bits per heavy atom. The molecule has 0 fully saturated rings. The Balaban J connectivity index is 1.57. The number of para-hydroxylation sites is 1. The van der Waals surface area contributed by atoms with E-state index < -0.39 is 12.1 Å². The molecule has 1 aliphatic heterocycles. The summed E-state index contributed by atoms with van der Waals surface area (Å²) in [7, 11) is 0. The molecule has 1 atom stereocenters. The van der Waals surface area contributed by atoms with Crippen molar-refractivity contribution in [2.75, 3.05) is 11.4 Å². The van der Waals surface area contributed by atoms with E-state index in [1.165, 1.54) is 5.56 Å². The van der Waals surface area contributed by atoms with Crippen molar-refractivity contribution in [2.45, 2.75) is 32.4 Å². The highest BCUT2D eigenvalue weighted by atomic mass is 16.5. The van der Waals surface area contributed by atoms with Gasteiger partial charge in [0.15, 0.2) is 0 Å². The molecule has 2 amide bonds. The number of anilines is 1. The fraction of sp³-hybridized carbons (Fsp3) is 0.300. The van der Waals surface area contributed by atoms with Gasteiger partial charge < -0.3 is 15.0 Å². The van der Waals surface area contributed by atoms with Gasteiger partial charge in [-0.05, 0) is 37.0 Å². The highest BCUT2D eigenvalue weighted by molar-refractivity contribution is 5.99. The van der Waals surface area contributed by atoms with Crippen molar-refractivity contribution in [3.8, 4) is 0 Å². The summed E-state index contributed by atoms with van der Waals surface area (Å²) in [5.41, 5.74) is 3.01. The highest BCUT2D eigenvalue weighted by Crippen LogP contribution is 2.27. The van der Waals surface area contributed by atoms with Crippen LogP contribution in [0, 0.1) is 0 Å². The quantitative estimate of drug-likeness (QED) is 0.931. The minimum Gasteiger partial charge on any atom is -0.445 e. The smallest absolute Gasteiger partial charge is 0.408 e. The molecule has 0 aromatic heterocycles. The topological polar surface area (TPSA) is 58.6 Å². The fourth-order valence-electron chi connectivity index (χ4n) is 3.00. The molecule has 5 heteroatoms. The van der Waals surface area contributed by atoms with E-state index in [4.69, 9.17) is 4.74 Å². The number of nitrogens with one attached hydrogen (secondary N) is 1. The van der Waals surface area contributed by atoms with E-state index in [1.54, 1.807) is 11.8 Å². The molecular formula is C20H22N2O3. The first-order valence-corrected chi connectivity index (χ1v) is 8.51. The van der Waals surface area contributed by atoms with Gasteiger partial charge in [-0.25, -0.2) is 4.79 Å². The van der Waals surface area contributed by atoms with Crippen molar-refractivity contribution in [1.82, 2.24) is 5.32 Å². The molecule has 3 rings (SSSR count). The van der Waals surface area contributed by atoms with Crippen LogP contribution < -0.4 is 10.2 Å². The first kappa shape index (κ1) is 17.0. The average Bonchev–Trinajstić information content (AvgIpc) is 2.66. The predicted octanol–water partition coefficient (Wildman–Crippen LogP) is 3.28. The number of benzene rings is 2. The Kier molecular flexibility index (Phi) is 5.33. The number of hydrogen-bond donors (Lipinski definition) is 1. The average molecular weight is 338 g/mol. The van der Waals surface area contributed by atoms with Crippen molar-refractivity contribution in [2.24, 2.45) is 0 Å². The summed E-state index contributed by atoms with van der Waals surface area (Å²) in [6.45, 7) is 2.53. The van der Waals surface area contributed by atoms with Gasteiger partial charge in [-0.3, -0.25) is 4.79 Å². The number of aryl methyl sites for hydroxylation is 1. The minimum absolute atomic E-state index is 0.121. The lowest BCUT2D eigenvalue weighted by molar-refractivity contribution is -0.120. The number of nitrogens with zero attached hydrogens (tertiary/aromatic N) is 1. The maximum atomic E-state index is 12.7. The first-order valence-electron chi connectivity index (χ1n) is 8.51. The minimum atomic E-state index is -0.644. The van der Waals surface area contributed by atoms with Crippen LogP contribution in [0.3, 0.4) is 0 Å². The largest absolute Gasteiger partial charge is 0.445 e. The molecular weight excluding hydrogens is 316 g/mol. The normalized spacial score (nSPS) is 14.4. The van der Waals surface area contributed by atoms with Crippen molar-refractivity contribution in [3.05, 3.63) is 65.7 Å². The molecule has 5 nitrogen and oxygen atoms in total. The van der Waals surface area contributed by atoms with E-state index in [2.05, 4.69) is 5.32 Å². The summed E-state index contributed by atoms with van der Waals surface area (Å²) in [6.07, 6.45) is 1.31. The Hall–Kier alpha value is -2.82. The van der Waals surface area contributed by atoms with Gasteiger partial charge in [0.25, 0.3) is 0 Å². The van der Waals surface area contributed by atoms with E-state index in [9.17, 15) is 9.59 Å².